The van der Waals surface area contributed by atoms with Gasteiger partial charge in [-0.3, -0.25) is 0 Å². The molecule has 2 rings (SSSR count). The molecule has 0 amide bonds. The highest BCUT2D eigenvalue weighted by Crippen LogP contribution is 2.26. The minimum absolute atomic E-state index is 0.604. The van der Waals surface area contributed by atoms with Gasteiger partial charge in [-0.05, 0) is 31.2 Å². The molecule has 18 heavy (non-hydrogen) atoms. The quantitative estimate of drug-likeness (QED) is 0.869. The Morgan fingerprint density at radius 3 is 2.72 bits per heavy atom. The summed E-state index contributed by atoms with van der Waals surface area (Å²) in [6.45, 7) is 3.21. The molecule has 0 radical (unpaired) electrons. The van der Waals surface area contributed by atoms with Crippen LogP contribution >= 0.6 is 0 Å². The highest BCUT2D eigenvalue weighted by Gasteiger charge is 2.19. The van der Waals surface area contributed by atoms with E-state index in [1.807, 2.05) is 12.3 Å². The summed E-state index contributed by atoms with van der Waals surface area (Å²) in [7, 11) is 1.64. The van der Waals surface area contributed by atoms with Crippen LogP contribution < -0.4 is 10.1 Å². The van der Waals surface area contributed by atoms with E-state index in [0.29, 0.717) is 11.9 Å². The SMILES string of the molecule is COc1ccc(CN[C@H](C)C2CCCCC2)cn1. The van der Waals surface area contributed by atoms with Crippen molar-refractivity contribution in [2.75, 3.05) is 7.11 Å². The minimum Gasteiger partial charge on any atom is -0.481 e. The molecule has 1 aliphatic rings. The summed E-state index contributed by atoms with van der Waals surface area (Å²) in [5.41, 5.74) is 1.22. The van der Waals surface area contributed by atoms with Crippen molar-refractivity contribution in [3.05, 3.63) is 23.9 Å². The van der Waals surface area contributed by atoms with Gasteiger partial charge in [0, 0.05) is 24.8 Å². The molecular weight excluding hydrogens is 224 g/mol. The molecule has 1 aromatic rings. The number of hydrogen-bond acceptors (Lipinski definition) is 3. The van der Waals surface area contributed by atoms with Crippen LogP contribution in [0.5, 0.6) is 5.88 Å². The number of rotatable bonds is 5. The lowest BCUT2D eigenvalue weighted by atomic mass is 9.84. The number of methoxy groups -OCH3 is 1. The van der Waals surface area contributed by atoms with Gasteiger partial charge in [0.25, 0.3) is 0 Å². The molecule has 100 valence electrons. The molecule has 0 bridgehead atoms. The Hall–Kier alpha value is -1.09. The molecule has 0 saturated heterocycles. The Kier molecular flexibility index (Phi) is 5.00. The van der Waals surface area contributed by atoms with Crippen molar-refractivity contribution >= 4 is 0 Å². The lowest BCUT2D eigenvalue weighted by Gasteiger charge is -2.28. The molecule has 0 unspecified atom stereocenters. The molecule has 1 fully saturated rings. The molecule has 1 atom stereocenters. The number of nitrogens with one attached hydrogen (secondary N) is 1. The largest absolute Gasteiger partial charge is 0.481 e. The second kappa shape index (κ2) is 6.74. The molecular formula is C15H24N2O. The molecule has 0 aromatic carbocycles. The Labute approximate surface area is 110 Å². The maximum Gasteiger partial charge on any atom is 0.212 e. The fraction of sp³-hybridized carbons (Fsp3) is 0.667. The zero-order valence-electron chi connectivity index (χ0n) is 11.5. The number of ether oxygens (including phenoxy) is 1. The summed E-state index contributed by atoms with van der Waals surface area (Å²) >= 11 is 0. The van der Waals surface area contributed by atoms with Crippen molar-refractivity contribution in [3.63, 3.8) is 0 Å². The first kappa shape index (κ1) is 13.3. The lowest BCUT2D eigenvalue weighted by Crippen LogP contribution is -2.34. The van der Waals surface area contributed by atoms with E-state index in [-0.39, 0.29) is 0 Å². The molecule has 1 aliphatic carbocycles. The Balaban J connectivity index is 1.78. The number of nitrogens with zero attached hydrogens (tertiary/aromatic N) is 1. The van der Waals surface area contributed by atoms with E-state index in [9.17, 15) is 0 Å². The number of aromatic nitrogens is 1. The van der Waals surface area contributed by atoms with Crippen LogP contribution in [0.4, 0.5) is 0 Å². The molecule has 3 nitrogen and oxygen atoms in total. The van der Waals surface area contributed by atoms with Gasteiger partial charge in [0.05, 0.1) is 7.11 Å². The highest BCUT2D eigenvalue weighted by atomic mass is 16.5. The zero-order valence-corrected chi connectivity index (χ0v) is 11.5. The molecule has 0 spiro atoms. The topological polar surface area (TPSA) is 34.1 Å². The fourth-order valence-corrected chi connectivity index (χ4v) is 2.72. The third-order valence-corrected chi connectivity index (χ3v) is 3.99. The zero-order chi connectivity index (χ0) is 12.8. The monoisotopic (exact) mass is 248 g/mol. The van der Waals surface area contributed by atoms with E-state index in [2.05, 4.69) is 23.3 Å². The number of pyridine rings is 1. The van der Waals surface area contributed by atoms with Crippen LogP contribution in [-0.4, -0.2) is 18.1 Å². The van der Waals surface area contributed by atoms with Crippen molar-refractivity contribution in [1.82, 2.24) is 10.3 Å². The van der Waals surface area contributed by atoms with Gasteiger partial charge < -0.3 is 10.1 Å². The van der Waals surface area contributed by atoms with Gasteiger partial charge in [0.2, 0.25) is 5.88 Å². The van der Waals surface area contributed by atoms with Gasteiger partial charge in [-0.2, -0.15) is 0 Å². The Morgan fingerprint density at radius 1 is 1.33 bits per heavy atom. The van der Waals surface area contributed by atoms with E-state index < -0.39 is 0 Å². The molecule has 1 N–H and O–H groups in total. The third-order valence-electron chi connectivity index (χ3n) is 3.99. The van der Waals surface area contributed by atoms with Crippen molar-refractivity contribution in [2.24, 2.45) is 5.92 Å². The van der Waals surface area contributed by atoms with Crippen molar-refractivity contribution in [3.8, 4) is 5.88 Å². The van der Waals surface area contributed by atoms with Crippen LogP contribution in [0, 0.1) is 5.92 Å². The van der Waals surface area contributed by atoms with E-state index in [1.165, 1.54) is 37.7 Å². The molecule has 1 heterocycles. The van der Waals surface area contributed by atoms with Crippen molar-refractivity contribution in [2.45, 2.75) is 51.6 Å². The lowest BCUT2D eigenvalue weighted by molar-refractivity contribution is 0.280. The van der Waals surface area contributed by atoms with E-state index in [4.69, 9.17) is 4.74 Å². The Bertz CT molecular complexity index is 344. The van der Waals surface area contributed by atoms with Crippen molar-refractivity contribution in [1.29, 1.82) is 0 Å². The van der Waals surface area contributed by atoms with Crippen LogP contribution in [-0.2, 0) is 6.54 Å². The standard InChI is InChI=1S/C15H24N2O/c1-12(14-6-4-3-5-7-14)16-10-13-8-9-15(18-2)17-11-13/h8-9,11-12,14,16H,3-7,10H2,1-2H3/t12-/m1/s1. The van der Waals surface area contributed by atoms with E-state index in [0.717, 1.165) is 12.5 Å². The summed E-state index contributed by atoms with van der Waals surface area (Å²) in [5, 5.41) is 3.63. The maximum absolute atomic E-state index is 5.06. The molecule has 1 aromatic heterocycles. The first-order chi connectivity index (χ1) is 8.79. The van der Waals surface area contributed by atoms with Gasteiger partial charge in [-0.25, -0.2) is 4.98 Å². The van der Waals surface area contributed by atoms with Gasteiger partial charge in [-0.15, -0.1) is 0 Å². The first-order valence-electron chi connectivity index (χ1n) is 7.02. The smallest absolute Gasteiger partial charge is 0.212 e. The van der Waals surface area contributed by atoms with Crippen LogP contribution in [0.1, 0.15) is 44.6 Å². The minimum atomic E-state index is 0.604. The third kappa shape index (κ3) is 3.70. The average Bonchev–Trinajstić information content (AvgIpc) is 2.46. The predicted molar refractivity (Wildman–Crippen MR) is 73.7 cm³/mol. The maximum atomic E-state index is 5.06. The summed E-state index contributed by atoms with van der Waals surface area (Å²) < 4.78 is 5.06. The fourth-order valence-electron chi connectivity index (χ4n) is 2.72. The van der Waals surface area contributed by atoms with Crippen LogP contribution in [0.25, 0.3) is 0 Å². The van der Waals surface area contributed by atoms with Gasteiger partial charge in [-0.1, -0.05) is 25.3 Å². The van der Waals surface area contributed by atoms with E-state index in [1.54, 1.807) is 7.11 Å². The van der Waals surface area contributed by atoms with E-state index >= 15 is 0 Å². The predicted octanol–water partition coefficient (Wildman–Crippen LogP) is 3.15. The average molecular weight is 248 g/mol. The molecule has 3 heteroatoms. The van der Waals surface area contributed by atoms with Gasteiger partial charge >= 0.3 is 0 Å². The summed E-state index contributed by atoms with van der Waals surface area (Å²) in [4.78, 5) is 4.23. The highest BCUT2D eigenvalue weighted by molar-refractivity contribution is 5.17. The van der Waals surface area contributed by atoms with Crippen LogP contribution in [0.2, 0.25) is 0 Å². The van der Waals surface area contributed by atoms with Crippen molar-refractivity contribution < 1.29 is 4.74 Å². The van der Waals surface area contributed by atoms with Gasteiger partial charge in [0.15, 0.2) is 0 Å². The Morgan fingerprint density at radius 2 is 2.11 bits per heavy atom. The summed E-state index contributed by atoms with van der Waals surface area (Å²) in [6, 6.07) is 4.60. The molecule has 1 saturated carbocycles. The number of hydrogen-bond donors (Lipinski definition) is 1. The van der Waals surface area contributed by atoms with Crippen LogP contribution in [0.3, 0.4) is 0 Å². The van der Waals surface area contributed by atoms with Gasteiger partial charge in [0.1, 0.15) is 0 Å². The summed E-state index contributed by atoms with van der Waals surface area (Å²) in [5.74, 6) is 1.53. The van der Waals surface area contributed by atoms with Crippen LogP contribution in [0.15, 0.2) is 18.3 Å². The normalized spacial score (nSPS) is 18.6. The first-order valence-corrected chi connectivity index (χ1v) is 7.02. The second-order valence-corrected chi connectivity index (χ2v) is 5.28. The second-order valence-electron chi connectivity index (χ2n) is 5.28. The summed E-state index contributed by atoms with van der Waals surface area (Å²) in [6.07, 6.45) is 8.89. The molecule has 0 aliphatic heterocycles.